The van der Waals surface area contributed by atoms with Gasteiger partial charge in [0.1, 0.15) is 6.61 Å². The summed E-state index contributed by atoms with van der Waals surface area (Å²) in [4.78, 5) is 12.3. The highest BCUT2D eigenvalue weighted by atomic mass is 19.1. The average Bonchev–Trinajstić information content (AvgIpc) is 2.93. The zero-order chi connectivity index (χ0) is 18.9. The van der Waals surface area contributed by atoms with E-state index in [0.29, 0.717) is 12.8 Å². The molecule has 26 heavy (non-hydrogen) atoms. The standard InChI is InChI=1S/C22H29FO3/c1-13-8-9-21(3)14(10-13)4-5-16-15-6-7-17(18(25)12-24)20(15,2)11-19(26)22(16,21)23/h8-10,15-17,19,24,26H,1,4-7,11-12H2,2-3H3/t15?,16?,17?,19?,20?,21?,22-/m0/s1. The van der Waals surface area contributed by atoms with E-state index in [1.807, 2.05) is 32.1 Å². The van der Waals surface area contributed by atoms with Crippen LogP contribution in [0, 0.1) is 28.6 Å². The molecule has 4 aliphatic carbocycles. The van der Waals surface area contributed by atoms with Crippen LogP contribution in [0.25, 0.3) is 0 Å². The molecule has 0 saturated heterocycles. The quantitative estimate of drug-likeness (QED) is 0.792. The molecule has 0 aromatic rings. The molecule has 3 fully saturated rings. The van der Waals surface area contributed by atoms with Gasteiger partial charge in [0.05, 0.1) is 6.10 Å². The van der Waals surface area contributed by atoms with E-state index in [2.05, 4.69) is 6.58 Å². The maximum absolute atomic E-state index is 16.8. The Kier molecular flexibility index (Phi) is 3.92. The third-order valence-corrected chi connectivity index (χ3v) is 8.28. The number of allylic oxidation sites excluding steroid dienone is 5. The Morgan fingerprint density at radius 2 is 2.04 bits per heavy atom. The van der Waals surface area contributed by atoms with E-state index in [4.69, 9.17) is 0 Å². The van der Waals surface area contributed by atoms with Gasteiger partial charge >= 0.3 is 0 Å². The second-order valence-corrected chi connectivity index (χ2v) is 9.28. The second kappa shape index (κ2) is 5.62. The number of carbonyl (C=O) groups is 1. The van der Waals surface area contributed by atoms with E-state index in [-0.39, 0.29) is 30.0 Å². The molecule has 3 nitrogen and oxygen atoms in total. The van der Waals surface area contributed by atoms with E-state index in [9.17, 15) is 15.0 Å². The fourth-order valence-corrected chi connectivity index (χ4v) is 6.92. The molecule has 6 unspecified atom stereocenters. The van der Waals surface area contributed by atoms with Crippen molar-refractivity contribution in [1.29, 1.82) is 0 Å². The van der Waals surface area contributed by atoms with Crippen LogP contribution in [0.3, 0.4) is 0 Å². The Labute approximate surface area is 154 Å². The zero-order valence-corrected chi connectivity index (χ0v) is 15.7. The number of aliphatic hydroxyl groups is 2. The fraction of sp³-hybridized carbons (Fsp3) is 0.682. The second-order valence-electron chi connectivity index (χ2n) is 9.28. The minimum atomic E-state index is -1.73. The van der Waals surface area contributed by atoms with E-state index >= 15 is 4.39 Å². The summed E-state index contributed by atoms with van der Waals surface area (Å²) >= 11 is 0. The molecule has 4 heteroatoms. The Hall–Kier alpha value is -1.26. The summed E-state index contributed by atoms with van der Waals surface area (Å²) in [5.74, 6) is -0.646. The van der Waals surface area contributed by atoms with E-state index in [1.165, 1.54) is 0 Å². The first kappa shape index (κ1) is 18.1. The maximum Gasteiger partial charge on any atom is 0.161 e. The molecule has 3 saturated carbocycles. The highest BCUT2D eigenvalue weighted by Gasteiger charge is 2.70. The minimum absolute atomic E-state index is 0.0632. The van der Waals surface area contributed by atoms with Crippen LogP contribution >= 0.6 is 0 Å². The predicted molar refractivity (Wildman–Crippen MR) is 98.1 cm³/mol. The summed E-state index contributed by atoms with van der Waals surface area (Å²) in [5.41, 5.74) is -1.08. The van der Waals surface area contributed by atoms with Crippen molar-refractivity contribution in [2.45, 2.75) is 57.7 Å². The van der Waals surface area contributed by atoms with E-state index in [1.54, 1.807) is 0 Å². The molecular formula is C22H29FO3. The fourth-order valence-electron chi connectivity index (χ4n) is 6.92. The summed E-state index contributed by atoms with van der Waals surface area (Å²) in [6.07, 6.45) is 7.86. The van der Waals surface area contributed by atoms with Gasteiger partial charge in [-0.1, -0.05) is 37.3 Å². The van der Waals surface area contributed by atoms with Crippen molar-refractivity contribution < 1.29 is 19.4 Å². The molecule has 0 aromatic carbocycles. The number of alkyl halides is 1. The highest BCUT2D eigenvalue weighted by molar-refractivity contribution is 5.83. The smallest absolute Gasteiger partial charge is 0.161 e. The molecule has 7 atom stereocenters. The number of rotatable bonds is 2. The van der Waals surface area contributed by atoms with Crippen molar-refractivity contribution in [3.63, 3.8) is 0 Å². The van der Waals surface area contributed by atoms with Gasteiger partial charge in [-0.2, -0.15) is 0 Å². The van der Waals surface area contributed by atoms with Gasteiger partial charge in [0.2, 0.25) is 0 Å². The Bertz CT molecular complexity index is 725. The molecule has 0 spiro atoms. The van der Waals surface area contributed by atoms with Gasteiger partial charge in [0.25, 0.3) is 0 Å². The van der Waals surface area contributed by atoms with Crippen LogP contribution < -0.4 is 0 Å². The summed E-state index contributed by atoms with van der Waals surface area (Å²) in [7, 11) is 0. The zero-order valence-electron chi connectivity index (χ0n) is 15.7. The first-order chi connectivity index (χ1) is 12.2. The molecular weight excluding hydrogens is 331 g/mol. The molecule has 0 heterocycles. The monoisotopic (exact) mass is 360 g/mol. The van der Waals surface area contributed by atoms with Gasteiger partial charge < -0.3 is 10.2 Å². The molecule has 0 amide bonds. The molecule has 2 N–H and O–H groups in total. The number of halogens is 1. The maximum atomic E-state index is 16.8. The molecule has 142 valence electrons. The lowest BCUT2D eigenvalue weighted by Crippen LogP contribution is -2.66. The third kappa shape index (κ3) is 2.03. The van der Waals surface area contributed by atoms with Gasteiger partial charge in [0.15, 0.2) is 11.5 Å². The molecule has 0 aromatic heterocycles. The predicted octanol–water partition coefficient (Wildman–Crippen LogP) is 3.52. The number of Topliss-reactive ketones (excluding diaryl/α,β-unsaturated/α-hetero) is 1. The van der Waals surface area contributed by atoms with Crippen LogP contribution in [0.2, 0.25) is 0 Å². The first-order valence-corrected chi connectivity index (χ1v) is 9.78. The number of aliphatic hydroxyl groups excluding tert-OH is 2. The molecule has 0 radical (unpaired) electrons. The summed E-state index contributed by atoms with van der Waals surface area (Å²) < 4.78 is 16.8. The largest absolute Gasteiger partial charge is 0.390 e. The van der Waals surface area contributed by atoms with Crippen LogP contribution in [0.5, 0.6) is 0 Å². The Balaban J connectivity index is 1.78. The lowest BCUT2D eigenvalue weighted by atomic mass is 9.45. The number of fused-ring (bicyclic) bond motifs is 5. The average molecular weight is 360 g/mol. The van der Waals surface area contributed by atoms with Crippen molar-refractivity contribution >= 4 is 5.78 Å². The molecule has 4 aliphatic rings. The van der Waals surface area contributed by atoms with Crippen molar-refractivity contribution in [2.24, 2.45) is 28.6 Å². The topological polar surface area (TPSA) is 57.5 Å². The number of hydrogen-bond donors (Lipinski definition) is 2. The van der Waals surface area contributed by atoms with Gasteiger partial charge in [-0.15, -0.1) is 0 Å². The van der Waals surface area contributed by atoms with Crippen LogP contribution in [0.15, 0.2) is 36.0 Å². The van der Waals surface area contributed by atoms with Crippen molar-refractivity contribution in [1.82, 2.24) is 0 Å². The molecule has 0 bridgehead atoms. The summed E-state index contributed by atoms with van der Waals surface area (Å²) in [6, 6.07) is 0. The van der Waals surface area contributed by atoms with Gasteiger partial charge in [-0.25, -0.2) is 4.39 Å². The van der Waals surface area contributed by atoms with Gasteiger partial charge in [0, 0.05) is 17.3 Å². The van der Waals surface area contributed by atoms with E-state index in [0.717, 1.165) is 24.0 Å². The normalized spacial score (nSPS) is 49.9. The van der Waals surface area contributed by atoms with Crippen LogP contribution in [0.1, 0.15) is 46.0 Å². The van der Waals surface area contributed by atoms with E-state index < -0.39 is 29.2 Å². The highest BCUT2D eigenvalue weighted by Crippen LogP contribution is 2.69. The van der Waals surface area contributed by atoms with Gasteiger partial charge in [-0.05, 0) is 55.9 Å². The van der Waals surface area contributed by atoms with Crippen LogP contribution in [-0.2, 0) is 4.79 Å². The Morgan fingerprint density at radius 3 is 2.73 bits per heavy atom. The Morgan fingerprint density at radius 1 is 1.31 bits per heavy atom. The van der Waals surface area contributed by atoms with Crippen LogP contribution in [-0.4, -0.2) is 34.4 Å². The lowest BCUT2D eigenvalue weighted by molar-refractivity contribution is -0.195. The molecule has 4 rings (SSSR count). The van der Waals surface area contributed by atoms with Crippen molar-refractivity contribution in [3.05, 3.63) is 36.0 Å². The number of carbonyl (C=O) groups excluding carboxylic acids is 1. The van der Waals surface area contributed by atoms with Crippen molar-refractivity contribution in [2.75, 3.05) is 6.61 Å². The summed E-state index contributed by atoms with van der Waals surface area (Å²) in [5, 5.41) is 20.4. The minimum Gasteiger partial charge on any atom is -0.390 e. The number of ketones is 1. The number of hydrogen-bond acceptors (Lipinski definition) is 3. The van der Waals surface area contributed by atoms with Crippen molar-refractivity contribution in [3.8, 4) is 0 Å². The summed E-state index contributed by atoms with van der Waals surface area (Å²) in [6.45, 7) is 7.44. The lowest BCUT2D eigenvalue weighted by Gasteiger charge is -2.62. The van der Waals surface area contributed by atoms with Gasteiger partial charge in [-0.3, -0.25) is 4.79 Å². The van der Waals surface area contributed by atoms with Crippen LogP contribution in [0.4, 0.5) is 4.39 Å². The third-order valence-electron chi connectivity index (χ3n) is 8.28. The first-order valence-electron chi connectivity index (χ1n) is 9.78. The molecule has 0 aliphatic heterocycles. The SMILES string of the molecule is C=C1C=CC2(C)C(=C1)CCC1C3CCC(C(=O)CO)C3(C)CC(O)[C@@]12F.